The summed E-state index contributed by atoms with van der Waals surface area (Å²) in [6, 6.07) is 3.34. The van der Waals surface area contributed by atoms with E-state index in [4.69, 9.17) is 4.74 Å². The molecule has 2 heterocycles. The summed E-state index contributed by atoms with van der Waals surface area (Å²) in [5.74, 6) is 0.0379. The number of carbonyl (C=O) groups excluding carboxylic acids is 1. The van der Waals surface area contributed by atoms with Gasteiger partial charge in [-0.25, -0.2) is 0 Å². The van der Waals surface area contributed by atoms with E-state index in [0.717, 1.165) is 22.3 Å². The van der Waals surface area contributed by atoms with E-state index in [1.54, 1.807) is 12.1 Å². The van der Waals surface area contributed by atoms with E-state index in [-0.39, 0.29) is 39.2 Å². The van der Waals surface area contributed by atoms with Crippen LogP contribution in [0.3, 0.4) is 0 Å². The number of carbonyl (C=O) groups is 1. The number of alkyl halides is 1. The Bertz CT molecular complexity index is 850. The molecule has 7 atom stereocenters. The fraction of sp³-hybridized carbons (Fsp3) is 0.579. The van der Waals surface area contributed by atoms with Gasteiger partial charge in [0.2, 0.25) is 0 Å². The van der Waals surface area contributed by atoms with Crippen molar-refractivity contribution < 1.29 is 14.6 Å². The summed E-state index contributed by atoms with van der Waals surface area (Å²) in [6.07, 6.45) is 0.512. The first-order valence-electron chi connectivity index (χ1n) is 8.59. The molecule has 126 valence electrons. The van der Waals surface area contributed by atoms with Crippen LogP contribution in [0, 0.1) is 24.2 Å². The molecule has 5 aliphatic rings. The number of rotatable bonds is 0. The average Bonchev–Trinajstić information content (AvgIpc) is 2.76. The predicted octanol–water partition coefficient (Wildman–Crippen LogP) is 2.41. The van der Waals surface area contributed by atoms with Crippen LogP contribution in [0.2, 0.25) is 0 Å². The van der Waals surface area contributed by atoms with Crippen LogP contribution in [0.25, 0.3) is 0 Å². The molecule has 0 radical (unpaired) electrons. The molecule has 6 rings (SSSR count). The van der Waals surface area contributed by atoms with Gasteiger partial charge in [0, 0.05) is 11.8 Å². The van der Waals surface area contributed by atoms with Gasteiger partial charge < -0.3 is 9.84 Å². The van der Waals surface area contributed by atoms with E-state index >= 15 is 0 Å². The molecule has 0 aromatic heterocycles. The molecule has 2 aliphatic heterocycles. The zero-order chi connectivity index (χ0) is 17.0. The van der Waals surface area contributed by atoms with Crippen LogP contribution < -0.4 is 5.43 Å². The van der Waals surface area contributed by atoms with Crippen LogP contribution in [-0.4, -0.2) is 21.1 Å². The van der Waals surface area contributed by atoms with Gasteiger partial charge in [0.1, 0.15) is 6.10 Å². The number of aryl methyl sites for hydroxylation is 2. The van der Waals surface area contributed by atoms with Crippen LogP contribution in [0.15, 0.2) is 16.9 Å². The second-order valence-corrected chi connectivity index (χ2v) is 9.31. The third-order valence-electron chi connectivity index (χ3n) is 7.06. The zero-order valence-corrected chi connectivity index (χ0v) is 15.7. The first-order chi connectivity index (χ1) is 11.4. The summed E-state index contributed by atoms with van der Waals surface area (Å²) in [5, 5.41) is 11.1. The number of aliphatic hydroxyl groups is 1. The monoisotopic (exact) mass is 438 g/mol. The number of hydrogen-bond donors (Lipinski definition) is 1. The maximum Gasteiger partial charge on any atom is 0.313 e. The quantitative estimate of drug-likeness (QED) is 0.384. The zero-order valence-electron chi connectivity index (χ0n) is 13.6. The van der Waals surface area contributed by atoms with Crippen molar-refractivity contribution in [3.05, 3.63) is 44.6 Å². The maximum atomic E-state index is 12.9. The van der Waals surface area contributed by atoms with Crippen LogP contribution in [0.4, 0.5) is 0 Å². The average molecular weight is 438 g/mol. The lowest BCUT2D eigenvalue weighted by atomic mass is 9.50. The van der Waals surface area contributed by atoms with E-state index in [0.29, 0.717) is 12.8 Å². The highest BCUT2D eigenvalue weighted by Gasteiger charge is 2.72. The molecule has 5 heteroatoms. The number of halogens is 1. The van der Waals surface area contributed by atoms with Crippen molar-refractivity contribution in [2.75, 3.05) is 0 Å². The Labute approximate surface area is 153 Å². The molecule has 1 aromatic rings. The Kier molecular flexibility index (Phi) is 2.94. The summed E-state index contributed by atoms with van der Waals surface area (Å²) in [6.45, 7) is 4.05. The van der Waals surface area contributed by atoms with E-state index in [1.165, 1.54) is 0 Å². The SMILES string of the molecule is Cc1cc(=O)cc2c3c1[C@H](O)[C@@H]1[C@H]4OC(=O)[C@](CC2)([C@H](C)[C@H]4I)[C@H]31. The van der Waals surface area contributed by atoms with E-state index < -0.39 is 11.5 Å². The highest BCUT2D eigenvalue weighted by Crippen LogP contribution is 2.70. The van der Waals surface area contributed by atoms with Crippen molar-refractivity contribution in [1.82, 2.24) is 0 Å². The fourth-order valence-corrected chi connectivity index (χ4v) is 7.32. The third-order valence-corrected chi connectivity index (χ3v) is 8.85. The fourth-order valence-electron chi connectivity index (χ4n) is 6.05. The second-order valence-electron chi connectivity index (χ2n) is 7.87. The molecule has 2 saturated heterocycles. The normalized spacial score (nSPS) is 44.2. The number of ether oxygens (including phenoxy) is 1. The Morgan fingerprint density at radius 2 is 2.04 bits per heavy atom. The summed E-state index contributed by atoms with van der Waals surface area (Å²) in [4.78, 5) is 25.1. The Balaban J connectivity index is 1.89. The molecule has 1 N–H and O–H groups in total. The molecule has 1 aromatic carbocycles. The third kappa shape index (κ3) is 1.50. The van der Waals surface area contributed by atoms with Gasteiger partial charge in [-0.05, 0) is 60.1 Å². The lowest BCUT2D eigenvalue weighted by Crippen LogP contribution is -2.66. The van der Waals surface area contributed by atoms with Crippen molar-refractivity contribution in [1.29, 1.82) is 0 Å². The largest absolute Gasteiger partial charge is 0.460 e. The molecule has 0 unspecified atom stereocenters. The first-order valence-corrected chi connectivity index (χ1v) is 9.83. The molecule has 3 fully saturated rings. The highest BCUT2D eigenvalue weighted by molar-refractivity contribution is 14.1. The predicted molar refractivity (Wildman–Crippen MR) is 96.2 cm³/mol. The summed E-state index contributed by atoms with van der Waals surface area (Å²) in [7, 11) is 0. The lowest BCUT2D eigenvalue weighted by molar-refractivity contribution is -0.211. The second kappa shape index (κ2) is 4.61. The minimum atomic E-state index is -0.657. The lowest BCUT2D eigenvalue weighted by Gasteiger charge is -2.60. The Hall–Kier alpha value is -0.950. The van der Waals surface area contributed by atoms with Crippen LogP contribution >= 0.6 is 22.6 Å². The van der Waals surface area contributed by atoms with Crippen LogP contribution in [0.1, 0.15) is 47.6 Å². The van der Waals surface area contributed by atoms with Crippen molar-refractivity contribution in [2.45, 2.75) is 48.7 Å². The first kappa shape index (κ1) is 15.3. The van der Waals surface area contributed by atoms with E-state index in [2.05, 4.69) is 29.5 Å². The highest BCUT2D eigenvalue weighted by atomic mass is 127. The minimum Gasteiger partial charge on any atom is -0.460 e. The molecule has 24 heavy (non-hydrogen) atoms. The molecular weight excluding hydrogens is 419 g/mol. The summed E-state index contributed by atoms with van der Waals surface area (Å²) >= 11 is 2.40. The number of fused-ring (bicyclic) bond motifs is 2. The van der Waals surface area contributed by atoms with Gasteiger partial charge in [0.05, 0.1) is 15.4 Å². The molecule has 1 saturated carbocycles. The summed E-state index contributed by atoms with van der Waals surface area (Å²) in [5.41, 5.74) is 3.26. The van der Waals surface area contributed by atoms with Crippen molar-refractivity contribution in [2.24, 2.45) is 17.3 Å². The van der Waals surface area contributed by atoms with Gasteiger partial charge in [-0.15, -0.1) is 0 Å². The number of esters is 1. The van der Waals surface area contributed by atoms with Gasteiger partial charge in [0.15, 0.2) is 5.43 Å². The Morgan fingerprint density at radius 3 is 2.79 bits per heavy atom. The van der Waals surface area contributed by atoms with E-state index in [9.17, 15) is 14.7 Å². The van der Waals surface area contributed by atoms with Gasteiger partial charge in [-0.3, -0.25) is 9.59 Å². The molecule has 0 amide bonds. The molecule has 1 spiro atoms. The van der Waals surface area contributed by atoms with Crippen molar-refractivity contribution in [3.63, 3.8) is 0 Å². The van der Waals surface area contributed by atoms with Crippen LogP contribution in [0.5, 0.6) is 0 Å². The topological polar surface area (TPSA) is 63.6 Å². The number of hydrogen-bond acceptors (Lipinski definition) is 4. The van der Waals surface area contributed by atoms with Crippen molar-refractivity contribution >= 4 is 28.6 Å². The smallest absolute Gasteiger partial charge is 0.313 e. The molecule has 3 aliphatic carbocycles. The molecular formula is C19H19IO4. The summed E-state index contributed by atoms with van der Waals surface area (Å²) < 4.78 is 6.04. The minimum absolute atomic E-state index is 0.0102. The molecule has 4 nitrogen and oxygen atoms in total. The van der Waals surface area contributed by atoms with Gasteiger partial charge in [-0.2, -0.15) is 0 Å². The van der Waals surface area contributed by atoms with Gasteiger partial charge in [0.25, 0.3) is 0 Å². The standard InChI is InChI=1S/C19H19IO4/c1-7-5-10(21)6-9-3-4-19-8(2)15(20)17(24-18(19)23)13-14(19)12(9)11(7)16(13)22/h5-6,8,13-17,22H,3-4H2,1-2H3/t8-,13-,14-,15-,16+,17-,19-/m1/s1. The molecule has 2 bridgehead atoms. The number of aliphatic hydroxyl groups excluding tert-OH is 1. The van der Waals surface area contributed by atoms with Crippen LogP contribution in [-0.2, 0) is 16.0 Å². The van der Waals surface area contributed by atoms with Crippen molar-refractivity contribution in [3.8, 4) is 0 Å². The maximum absolute atomic E-state index is 12.9. The van der Waals surface area contributed by atoms with E-state index in [1.807, 2.05) is 6.92 Å². The van der Waals surface area contributed by atoms with Gasteiger partial charge >= 0.3 is 5.97 Å². The Morgan fingerprint density at radius 1 is 1.29 bits per heavy atom. The van der Waals surface area contributed by atoms with Gasteiger partial charge in [-0.1, -0.05) is 29.5 Å².